The zero-order valence-corrected chi connectivity index (χ0v) is 20.6. The molecule has 2 aromatic carbocycles. The van der Waals surface area contributed by atoms with Gasteiger partial charge in [0.15, 0.2) is 11.4 Å². The van der Waals surface area contributed by atoms with Crippen LogP contribution in [-0.4, -0.2) is 25.8 Å². The fourth-order valence-corrected chi connectivity index (χ4v) is 6.29. The van der Waals surface area contributed by atoms with Gasteiger partial charge in [-0.2, -0.15) is 0 Å². The Bertz CT molecular complexity index is 1130. The summed E-state index contributed by atoms with van der Waals surface area (Å²) < 4.78 is 33.7. The predicted molar refractivity (Wildman–Crippen MR) is 130 cm³/mol. The molecule has 0 spiro atoms. The van der Waals surface area contributed by atoms with Crippen molar-refractivity contribution in [1.29, 1.82) is 0 Å². The zero-order chi connectivity index (χ0) is 24.3. The molecule has 0 aromatic heterocycles. The fourth-order valence-electron chi connectivity index (χ4n) is 5.25. The largest absolute Gasteiger partial charge is 0.450 e. The quantitative estimate of drug-likeness (QED) is 0.368. The Morgan fingerprint density at radius 2 is 1.68 bits per heavy atom. The number of esters is 1. The Balaban J connectivity index is 1.57. The average molecular weight is 484 g/mol. The second-order valence-electron chi connectivity index (χ2n) is 9.50. The van der Waals surface area contributed by atoms with Crippen LogP contribution < -0.4 is 4.72 Å². The summed E-state index contributed by atoms with van der Waals surface area (Å²) in [5.41, 5.74) is 0.689. The molecule has 2 atom stereocenters. The third-order valence-corrected chi connectivity index (χ3v) is 8.35. The van der Waals surface area contributed by atoms with E-state index in [1.165, 1.54) is 0 Å². The summed E-state index contributed by atoms with van der Waals surface area (Å²) in [7, 11) is -3.64. The molecule has 7 heteroatoms. The van der Waals surface area contributed by atoms with Crippen molar-refractivity contribution in [2.45, 2.75) is 75.3 Å². The Morgan fingerprint density at radius 3 is 2.29 bits per heavy atom. The Morgan fingerprint density at radius 1 is 1.00 bits per heavy atom. The molecule has 0 radical (unpaired) electrons. The number of ether oxygens (including phenoxy) is 1. The molecule has 0 bridgehead atoms. The van der Waals surface area contributed by atoms with E-state index in [9.17, 15) is 18.0 Å². The van der Waals surface area contributed by atoms with Gasteiger partial charge in [0.05, 0.1) is 4.90 Å². The summed E-state index contributed by atoms with van der Waals surface area (Å²) in [5.74, 6) is -1.24. The number of sulfonamides is 1. The van der Waals surface area contributed by atoms with Gasteiger partial charge in [-0.3, -0.25) is 9.59 Å². The molecule has 1 aliphatic heterocycles. The lowest BCUT2D eigenvalue weighted by Crippen LogP contribution is -2.38. The second kappa shape index (κ2) is 10.0. The molecule has 1 N–H and O–H groups in total. The highest BCUT2D eigenvalue weighted by Gasteiger charge is 2.58. The highest BCUT2D eigenvalue weighted by atomic mass is 32.2. The highest BCUT2D eigenvalue weighted by Crippen LogP contribution is 2.51. The van der Waals surface area contributed by atoms with Crippen LogP contribution in [0.25, 0.3) is 0 Å². The number of carbonyl (C=O) groups excluding carboxylic acids is 2. The van der Waals surface area contributed by atoms with Crippen molar-refractivity contribution in [2.24, 2.45) is 11.8 Å². The van der Waals surface area contributed by atoms with Crippen LogP contribution in [0.1, 0.15) is 69.4 Å². The maximum Gasteiger partial charge on any atom is 0.318 e. The van der Waals surface area contributed by atoms with Crippen LogP contribution >= 0.6 is 0 Å². The summed E-state index contributed by atoms with van der Waals surface area (Å²) >= 11 is 0. The van der Waals surface area contributed by atoms with Crippen molar-refractivity contribution in [3.63, 3.8) is 0 Å². The monoisotopic (exact) mass is 483 g/mol. The lowest BCUT2D eigenvalue weighted by atomic mass is 9.75. The van der Waals surface area contributed by atoms with Gasteiger partial charge in [0, 0.05) is 12.5 Å². The molecule has 0 amide bonds. The second-order valence-corrected chi connectivity index (χ2v) is 11.3. The van der Waals surface area contributed by atoms with Gasteiger partial charge in [-0.15, -0.1) is 0 Å². The molecule has 4 rings (SSSR count). The van der Waals surface area contributed by atoms with Gasteiger partial charge in [-0.1, -0.05) is 69.2 Å². The molecular weight excluding hydrogens is 450 g/mol. The Kier molecular flexibility index (Phi) is 7.24. The van der Waals surface area contributed by atoms with E-state index in [0.717, 1.165) is 36.8 Å². The molecule has 6 nitrogen and oxygen atoms in total. The fraction of sp³-hybridized carbons (Fsp3) is 0.481. The van der Waals surface area contributed by atoms with E-state index in [2.05, 4.69) is 4.72 Å². The van der Waals surface area contributed by atoms with Crippen LogP contribution in [-0.2, 0) is 30.9 Å². The first kappa shape index (κ1) is 24.6. The van der Waals surface area contributed by atoms with Gasteiger partial charge in [0.1, 0.15) is 5.92 Å². The SMILES string of the molecule is CCCC1(CCC)OC(=O)C(C(c2cccc(CNS(=O)(=O)c3ccccc3)c2)C2CC2)C1=O. The summed E-state index contributed by atoms with van der Waals surface area (Å²) in [6, 6.07) is 15.8. The van der Waals surface area contributed by atoms with Crippen LogP contribution in [0.4, 0.5) is 0 Å². The van der Waals surface area contributed by atoms with Gasteiger partial charge in [-0.05, 0) is 54.9 Å². The van der Waals surface area contributed by atoms with Crippen LogP contribution in [0.2, 0.25) is 0 Å². The molecule has 2 fully saturated rings. The third-order valence-electron chi connectivity index (χ3n) is 6.93. The molecule has 2 aliphatic rings. The first-order valence-electron chi connectivity index (χ1n) is 12.2. The summed E-state index contributed by atoms with van der Waals surface area (Å²) in [5, 5.41) is 0. The molecule has 2 unspecified atom stereocenters. The molecule has 1 saturated heterocycles. The molecular formula is C27H33NO5S. The first-order chi connectivity index (χ1) is 16.3. The van der Waals surface area contributed by atoms with E-state index in [1.54, 1.807) is 30.3 Å². The standard InChI is InChI=1S/C27H33NO5S/c1-3-15-27(16-4-2)25(29)24(26(30)33-27)23(20-13-14-20)21-10-8-9-19(17-21)18-28-34(31,32)22-11-6-5-7-12-22/h5-12,17,20,23-24,28H,3-4,13-16,18H2,1-2H3. The summed E-state index contributed by atoms with van der Waals surface area (Å²) in [6.45, 7) is 4.13. The Hall–Kier alpha value is -2.51. The van der Waals surface area contributed by atoms with Crippen LogP contribution in [0.3, 0.4) is 0 Å². The van der Waals surface area contributed by atoms with Crippen molar-refractivity contribution in [3.05, 3.63) is 65.7 Å². The number of benzene rings is 2. The van der Waals surface area contributed by atoms with E-state index in [0.29, 0.717) is 12.8 Å². The molecule has 1 saturated carbocycles. The maximum atomic E-state index is 13.6. The first-order valence-corrected chi connectivity index (χ1v) is 13.7. The number of hydrogen-bond donors (Lipinski definition) is 1. The summed E-state index contributed by atoms with van der Waals surface area (Å²) in [4.78, 5) is 26.9. The zero-order valence-electron chi connectivity index (χ0n) is 19.8. The predicted octanol–water partition coefficient (Wildman–Crippen LogP) is 4.74. The van der Waals surface area contributed by atoms with Crippen molar-refractivity contribution < 1.29 is 22.7 Å². The maximum absolute atomic E-state index is 13.6. The van der Waals surface area contributed by atoms with E-state index in [4.69, 9.17) is 4.74 Å². The van der Waals surface area contributed by atoms with Crippen molar-refractivity contribution in [3.8, 4) is 0 Å². The molecule has 1 heterocycles. The minimum atomic E-state index is -3.64. The number of hydrogen-bond acceptors (Lipinski definition) is 5. The minimum Gasteiger partial charge on any atom is -0.450 e. The number of cyclic esters (lactones) is 1. The molecule has 1 aliphatic carbocycles. The van der Waals surface area contributed by atoms with Gasteiger partial charge in [0.2, 0.25) is 10.0 Å². The van der Waals surface area contributed by atoms with Gasteiger partial charge in [-0.25, -0.2) is 13.1 Å². The number of rotatable bonds is 11. The number of ketones is 1. The van der Waals surface area contributed by atoms with Crippen LogP contribution in [0.5, 0.6) is 0 Å². The molecule has 2 aromatic rings. The normalized spacial score (nSPS) is 20.8. The van der Waals surface area contributed by atoms with E-state index < -0.39 is 27.5 Å². The molecule has 182 valence electrons. The lowest BCUT2D eigenvalue weighted by molar-refractivity contribution is -0.154. The topological polar surface area (TPSA) is 89.5 Å². The van der Waals surface area contributed by atoms with E-state index in [-0.39, 0.29) is 29.1 Å². The number of nitrogens with one attached hydrogen (secondary N) is 1. The Labute approximate surface area is 202 Å². The van der Waals surface area contributed by atoms with Gasteiger partial charge in [0.25, 0.3) is 0 Å². The number of carbonyl (C=O) groups is 2. The number of Topliss-reactive ketones (excluding diaryl/α,β-unsaturated/α-hetero) is 1. The van der Waals surface area contributed by atoms with Crippen LogP contribution in [0, 0.1) is 11.8 Å². The van der Waals surface area contributed by atoms with E-state index in [1.807, 2.05) is 38.1 Å². The average Bonchev–Trinajstić information content (AvgIpc) is 3.63. The third kappa shape index (κ3) is 4.96. The van der Waals surface area contributed by atoms with Crippen LogP contribution in [0.15, 0.2) is 59.5 Å². The summed E-state index contributed by atoms with van der Waals surface area (Å²) in [6.07, 6.45) is 4.61. The minimum absolute atomic E-state index is 0.0757. The van der Waals surface area contributed by atoms with Crippen molar-refractivity contribution in [1.82, 2.24) is 4.72 Å². The highest BCUT2D eigenvalue weighted by molar-refractivity contribution is 7.89. The van der Waals surface area contributed by atoms with E-state index >= 15 is 0 Å². The van der Waals surface area contributed by atoms with Crippen molar-refractivity contribution >= 4 is 21.8 Å². The van der Waals surface area contributed by atoms with Gasteiger partial charge >= 0.3 is 5.97 Å². The molecule has 34 heavy (non-hydrogen) atoms. The smallest absolute Gasteiger partial charge is 0.318 e. The lowest BCUT2D eigenvalue weighted by Gasteiger charge is -2.26. The van der Waals surface area contributed by atoms with Gasteiger partial charge < -0.3 is 4.74 Å². The van der Waals surface area contributed by atoms with Crippen molar-refractivity contribution in [2.75, 3.05) is 0 Å².